The Morgan fingerprint density at radius 2 is 1.95 bits per heavy atom. The average Bonchev–Trinajstić information content (AvgIpc) is 2.46. The quantitative estimate of drug-likeness (QED) is 0.909. The summed E-state index contributed by atoms with van der Waals surface area (Å²) in [5.41, 5.74) is 0.534. The smallest absolute Gasteiger partial charge is 0.243 e. The third-order valence-corrected chi connectivity index (χ3v) is 6.08. The Labute approximate surface area is 130 Å². The number of sulfonamides is 1. The van der Waals surface area contributed by atoms with Crippen molar-refractivity contribution in [3.05, 3.63) is 24.3 Å². The van der Waals surface area contributed by atoms with Crippen molar-refractivity contribution < 1.29 is 17.9 Å². The minimum absolute atomic E-state index is 0.0211. The van der Waals surface area contributed by atoms with Gasteiger partial charge in [-0.2, -0.15) is 4.31 Å². The van der Waals surface area contributed by atoms with E-state index in [-0.39, 0.29) is 16.7 Å². The molecule has 1 aliphatic heterocycles. The lowest BCUT2D eigenvalue weighted by molar-refractivity contribution is -0.122. The molecule has 2 aliphatic rings. The molecule has 2 fully saturated rings. The molecule has 120 valence electrons. The summed E-state index contributed by atoms with van der Waals surface area (Å²) in [6.07, 6.45) is 2.92. The summed E-state index contributed by atoms with van der Waals surface area (Å²) < 4.78 is 31.8. The summed E-state index contributed by atoms with van der Waals surface area (Å²) in [7, 11) is -3.53. The van der Waals surface area contributed by atoms with E-state index in [1.165, 1.54) is 10.4 Å². The highest BCUT2D eigenvalue weighted by molar-refractivity contribution is 7.89. The Morgan fingerprint density at radius 1 is 1.23 bits per heavy atom. The number of ether oxygens (including phenoxy) is 1. The first-order valence-electron chi connectivity index (χ1n) is 7.56. The summed E-state index contributed by atoms with van der Waals surface area (Å²) >= 11 is 0. The molecule has 1 aromatic carbocycles. The van der Waals surface area contributed by atoms with Crippen LogP contribution in [-0.2, 0) is 19.6 Å². The van der Waals surface area contributed by atoms with Crippen LogP contribution in [-0.4, -0.2) is 44.9 Å². The van der Waals surface area contributed by atoms with Gasteiger partial charge in [-0.05, 0) is 31.0 Å². The van der Waals surface area contributed by atoms with Crippen molar-refractivity contribution in [3.63, 3.8) is 0 Å². The molecule has 1 aromatic rings. The van der Waals surface area contributed by atoms with Crippen LogP contribution >= 0.6 is 0 Å². The van der Waals surface area contributed by atoms with Crippen molar-refractivity contribution in [2.75, 3.05) is 31.6 Å². The van der Waals surface area contributed by atoms with Gasteiger partial charge in [0.25, 0.3) is 0 Å². The summed E-state index contributed by atoms with van der Waals surface area (Å²) in [6.45, 7) is 1.55. The fourth-order valence-corrected chi connectivity index (χ4v) is 4.04. The first kappa shape index (κ1) is 15.5. The second kappa shape index (κ2) is 6.36. The van der Waals surface area contributed by atoms with Crippen molar-refractivity contribution >= 4 is 21.6 Å². The molecule has 1 aliphatic carbocycles. The van der Waals surface area contributed by atoms with Gasteiger partial charge in [-0.1, -0.05) is 12.5 Å². The monoisotopic (exact) mass is 324 g/mol. The lowest BCUT2D eigenvalue weighted by Gasteiger charge is -2.26. The molecule has 1 amide bonds. The number of rotatable bonds is 4. The highest BCUT2D eigenvalue weighted by atomic mass is 32.2. The zero-order valence-electron chi connectivity index (χ0n) is 12.3. The minimum Gasteiger partial charge on any atom is -0.379 e. The lowest BCUT2D eigenvalue weighted by Crippen LogP contribution is -2.40. The van der Waals surface area contributed by atoms with Crippen molar-refractivity contribution in [1.29, 1.82) is 0 Å². The van der Waals surface area contributed by atoms with E-state index in [2.05, 4.69) is 5.32 Å². The van der Waals surface area contributed by atoms with E-state index in [9.17, 15) is 13.2 Å². The summed E-state index contributed by atoms with van der Waals surface area (Å²) in [5, 5.41) is 2.81. The first-order valence-corrected chi connectivity index (χ1v) is 9.00. The van der Waals surface area contributed by atoms with Crippen LogP contribution in [0.2, 0.25) is 0 Å². The Balaban J connectivity index is 1.76. The zero-order valence-corrected chi connectivity index (χ0v) is 13.1. The normalized spacial score (nSPS) is 20.4. The van der Waals surface area contributed by atoms with Crippen LogP contribution in [0.15, 0.2) is 29.2 Å². The van der Waals surface area contributed by atoms with Gasteiger partial charge >= 0.3 is 0 Å². The first-order chi connectivity index (χ1) is 10.6. The number of morpholine rings is 1. The largest absolute Gasteiger partial charge is 0.379 e. The number of carbonyl (C=O) groups excluding carboxylic acids is 1. The molecule has 7 heteroatoms. The van der Waals surface area contributed by atoms with Crippen molar-refractivity contribution in [2.45, 2.75) is 24.2 Å². The van der Waals surface area contributed by atoms with Gasteiger partial charge < -0.3 is 10.1 Å². The number of carbonyl (C=O) groups is 1. The van der Waals surface area contributed by atoms with E-state index in [0.29, 0.717) is 32.0 Å². The van der Waals surface area contributed by atoms with E-state index in [4.69, 9.17) is 4.74 Å². The van der Waals surface area contributed by atoms with E-state index in [1.54, 1.807) is 18.2 Å². The van der Waals surface area contributed by atoms with Gasteiger partial charge in [-0.3, -0.25) is 4.79 Å². The van der Waals surface area contributed by atoms with Gasteiger partial charge in [0.1, 0.15) is 0 Å². The average molecular weight is 324 g/mol. The van der Waals surface area contributed by atoms with Crippen LogP contribution in [0.4, 0.5) is 5.69 Å². The van der Waals surface area contributed by atoms with Crippen molar-refractivity contribution in [1.82, 2.24) is 4.31 Å². The SMILES string of the molecule is O=C(Nc1cccc(S(=O)(=O)N2CCOCC2)c1)C1CCC1. The van der Waals surface area contributed by atoms with E-state index in [1.807, 2.05) is 0 Å². The van der Waals surface area contributed by atoms with Crippen molar-refractivity contribution in [2.24, 2.45) is 5.92 Å². The molecule has 22 heavy (non-hydrogen) atoms. The summed E-state index contributed by atoms with van der Waals surface area (Å²) in [6, 6.07) is 6.46. The molecule has 0 unspecified atom stereocenters. The molecule has 1 N–H and O–H groups in total. The summed E-state index contributed by atoms with van der Waals surface area (Å²) in [4.78, 5) is 12.2. The summed E-state index contributed by atoms with van der Waals surface area (Å²) in [5.74, 6) is 0.0478. The third-order valence-electron chi connectivity index (χ3n) is 4.19. The number of nitrogens with zero attached hydrogens (tertiary/aromatic N) is 1. The van der Waals surface area contributed by atoms with E-state index >= 15 is 0 Å². The standard InChI is InChI=1S/C15H20N2O4S/c18-15(12-3-1-4-12)16-13-5-2-6-14(11-13)22(19,20)17-7-9-21-10-8-17/h2,5-6,11-12H,1,3-4,7-10H2,(H,16,18). The van der Waals surface area contributed by atoms with Gasteiger partial charge in [0.05, 0.1) is 18.1 Å². The van der Waals surface area contributed by atoms with Crippen LogP contribution in [0.25, 0.3) is 0 Å². The number of anilines is 1. The molecule has 0 spiro atoms. The van der Waals surface area contributed by atoms with Crippen LogP contribution < -0.4 is 5.32 Å². The maximum atomic E-state index is 12.6. The van der Waals surface area contributed by atoms with Gasteiger partial charge in [-0.25, -0.2) is 8.42 Å². The second-order valence-corrected chi connectivity index (χ2v) is 7.60. The Hall–Kier alpha value is -1.44. The molecule has 0 bridgehead atoms. The van der Waals surface area contributed by atoms with Crippen molar-refractivity contribution in [3.8, 4) is 0 Å². The fourth-order valence-electron chi connectivity index (χ4n) is 2.59. The van der Waals surface area contributed by atoms with E-state index in [0.717, 1.165) is 19.3 Å². The molecular formula is C15H20N2O4S. The molecule has 0 atom stereocenters. The lowest BCUT2D eigenvalue weighted by atomic mass is 9.85. The molecule has 1 saturated heterocycles. The van der Waals surface area contributed by atoms with Crippen LogP contribution in [0, 0.1) is 5.92 Å². The number of amides is 1. The molecule has 1 heterocycles. The maximum absolute atomic E-state index is 12.6. The molecule has 0 radical (unpaired) electrons. The van der Waals surface area contributed by atoms with Gasteiger partial charge in [-0.15, -0.1) is 0 Å². The van der Waals surface area contributed by atoms with Gasteiger partial charge in [0.2, 0.25) is 15.9 Å². The molecule has 3 rings (SSSR count). The third kappa shape index (κ3) is 3.16. The Kier molecular flexibility index (Phi) is 4.46. The maximum Gasteiger partial charge on any atom is 0.243 e. The Morgan fingerprint density at radius 3 is 2.59 bits per heavy atom. The number of hydrogen-bond acceptors (Lipinski definition) is 4. The molecular weight excluding hydrogens is 304 g/mol. The van der Waals surface area contributed by atoms with Gasteiger partial charge in [0.15, 0.2) is 0 Å². The fraction of sp³-hybridized carbons (Fsp3) is 0.533. The molecule has 1 saturated carbocycles. The minimum atomic E-state index is -3.53. The predicted molar refractivity (Wildman–Crippen MR) is 82.0 cm³/mol. The predicted octanol–water partition coefficient (Wildman–Crippen LogP) is 1.45. The van der Waals surface area contributed by atoms with Gasteiger partial charge in [0, 0.05) is 24.7 Å². The highest BCUT2D eigenvalue weighted by Gasteiger charge is 2.28. The number of nitrogens with one attached hydrogen (secondary N) is 1. The zero-order chi connectivity index (χ0) is 15.6. The van der Waals surface area contributed by atoms with Crippen LogP contribution in [0.5, 0.6) is 0 Å². The van der Waals surface area contributed by atoms with Crippen LogP contribution in [0.3, 0.4) is 0 Å². The highest BCUT2D eigenvalue weighted by Crippen LogP contribution is 2.28. The molecule has 6 nitrogen and oxygen atoms in total. The topological polar surface area (TPSA) is 75.7 Å². The van der Waals surface area contributed by atoms with Crippen LogP contribution in [0.1, 0.15) is 19.3 Å². The number of benzene rings is 1. The molecule has 0 aromatic heterocycles. The Bertz CT molecular complexity index is 649. The number of hydrogen-bond donors (Lipinski definition) is 1. The second-order valence-electron chi connectivity index (χ2n) is 5.66. The van der Waals surface area contributed by atoms with E-state index < -0.39 is 10.0 Å².